The molecule has 1 fully saturated rings. The molecule has 1 N–H and O–H groups in total. The summed E-state index contributed by atoms with van der Waals surface area (Å²) in [5, 5.41) is 2.90. The number of nitrogens with one attached hydrogen (secondary N) is 1. The number of amides is 1. The Balaban J connectivity index is 2.10. The third-order valence-corrected chi connectivity index (χ3v) is 4.32. The van der Waals surface area contributed by atoms with E-state index in [9.17, 15) is 18.4 Å². The topological polar surface area (TPSA) is 67.9 Å². The molecule has 1 aromatic carbocycles. The predicted octanol–water partition coefficient (Wildman–Crippen LogP) is 3.21. The lowest BCUT2D eigenvalue weighted by molar-refractivity contribution is -0.119. The summed E-state index contributed by atoms with van der Waals surface area (Å²) in [5.74, 6) is 0.0468. The van der Waals surface area contributed by atoms with Crippen molar-refractivity contribution in [3.8, 4) is 5.75 Å². The van der Waals surface area contributed by atoms with Crippen LogP contribution < -0.4 is 10.1 Å². The highest BCUT2D eigenvalue weighted by atomic mass is 32.1. The minimum atomic E-state index is -2.89. The van der Waals surface area contributed by atoms with Crippen molar-refractivity contribution in [2.75, 3.05) is 6.54 Å². The van der Waals surface area contributed by atoms with Crippen molar-refractivity contribution in [3.05, 3.63) is 29.8 Å². The lowest BCUT2D eigenvalue weighted by Crippen LogP contribution is -2.59. The molecule has 6 nitrogen and oxygen atoms in total. The van der Waals surface area contributed by atoms with Gasteiger partial charge in [-0.25, -0.2) is 4.79 Å². The summed E-state index contributed by atoms with van der Waals surface area (Å²) in [7, 11) is 0. The Hall–Kier alpha value is -1.87. The molecule has 1 aliphatic rings. The molecule has 0 radical (unpaired) electrons. The largest absolute Gasteiger partial charge is 0.444 e. The van der Waals surface area contributed by atoms with Crippen LogP contribution in [-0.2, 0) is 16.1 Å². The molecule has 1 heterocycles. The molecule has 1 amide bonds. The number of hydrogen-bond donors (Lipinski definition) is 2. The molecule has 1 saturated heterocycles. The van der Waals surface area contributed by atoms with Gasteiger partial charge in [-0.15, -0.1) is 0 Å². The van der Waals surface area contributed by atoms with Crippen molar-refractivity contribution < 1.29 is 27.8 Å². The average Bonchev–Trinajstić information content (AvgIpc) is 2.89. The number of likely N-dealkylation sites (tertiary alicyclic amines) is 1. The number of benzene rings is 1. The second-order valence-corrected chi connectivity index (χ2v) is 8.10. The number of halogens is 2. The van der Waals surface area contributed by atoms with E-state index in [1.165, 1.54) is 17.0 Å². The van der Waals surface area contributed by atoms with Gasteiger partial charge in [0.2, 0.25) is 0 Å². The monoisotopic (exact) mass is 402 g/mol. The maximum absolute atomic E-state index is 12.5. The molecule has 0 aromatic heterocycles. The van der Waals surface area contributed by atoms with Crippen LogP contribution in [0.2, 0.25) is 0 Å². The molecule has 1 aliphatic heterocycles. The number of alkyl halides is 2. The predicted molar refractivity (Wildman–Crippen MR) is 99.0 cm³/mol. The van der Waals surface area contributed by atoms with Gasteiger partial charge < -0.3 is 9.47 Å². The maximum Gasteiger partial charge on any atom is 0.412 e. The van der Waals surface area contributed by atoms with E-state index >= 15 is 0 Å². The fourth-order valence-electron chi connectivity index (χ4n) is 2.83. The van der Waals surface area contributed by atoms with Gasteiger partial charge in [0, 0.05) is 24.8 Å². The van der Waals surface area contributed by atoms with E-state index in [4.69, 9.17) is 4.74 Å². The lowest BCUT2D eigenvalue weighted by Gasteiger charge is -2.35. The molecule has 0 aliphatic carbocycles. The van der Waals surface area contributed by atoms with E-state index in [1.807, 2.05) is 0 Å². The van der Waals surface area contributed by atoms with Gasteiger partial charge in [-0.2, -0.15) is 21.4 Å². The smallest absolute Gasteiger partial charge is 0.412 e. The zero-order chi connectivity index (χ0) is 20.2. The molecule has 27 heavy (non-hydrogen) atoms. The first-order valence-corrected chi connectivity index (χ1v) is 9.00. The van der Waals surface area contributed by atoms with Crippen molar-refractivity contribution in [2.24, 2.45) is 0 Å². The molecule has 150 valence electrons. The van der Waals surface area contributed by atoms with Gasteiger partial charge in [0.1, 0.15) is 11.4 Å². The number of thiol groups is 1. The van der Waals surface area contributed by atoms with Gasteiger partial charge in [0.25, 0.3) is 0 Å². The van der Waals surface area contributed by atoms with Gasteiger partial charge in [-0.3, -0.25) is 15.0 Å². The third-order valence-electron chi connectivity index (χ3n) is 3.98. The van der Waals surface area contributed by atoms with E-state index in [1.54, 1.807) is 32.9 Å². The Kier molecular flexibility index (Phi) is 6.69. The molecule has 2 atom stereocenters. The van der Waals surface area contributed by atoms with E-state index in [-0.39, 0.29) is 24.1 Å². The molecule has 0 unspecified atom stereocenters. The molecular weight excluding hydrogens is 378 g/mol. The summed E-state index contributed by atoms with van der Waals surface area (Å²) >= 11 is 4.41. The minimum Gasteiger partial charge on any atom is -0.444 e. The molecule has 2 rings (SSSR count). The van der Waals surface area contributed by atoms with Crippen molar-refractivity contribution in [1.29, 1.82) is 0 Å². The summed E-state index contributed by atoms with van der Waals surface area (Å²) in [6, 6.07) is 6.04. The number of carbonyl (C=O) groups is 2. The van der Waals surface area contributed by atoms with Gasteiger partial charge in [-0.05, 0) is 38.5 Å². The molecule has 0 saturated carbocycles. The van der Waals surface area contributed by atoms with Gasteiger partial charge in [0.05, 0.1) is 0 Å². The van der Waals surface area contributed by atoms with Crippen LogP contribution in [0.1, 0.15) is 32.8 Å². The fourth-order valence-corrected chi connectivity index (χ4v) is 3.27. The zero-order valence-electron chi connectivity index (χ0n) is 15.4. The molecule has 9 heteroatoms. The SMILES string of the molecule is CC(C)(C)OC(=O)N1C[C@@H](S)C[C@]1(C=O)NCc1ccc(OC(F)F)cc1. The first-order chi connectivity index (χ1) is 12.5. The Labute approximate surface area is 162 Å². The van der Waals surface area contributed by atoms with Crippen molar-refractivity contribution >= 4 is 25.0 Å². The summed E-state index contributed by atoms with van der Waals surface area (Å²) in [5.41, 5.74) is -1.20. The first-order valence-electron chi connectivity index (χ1n) is 8.48. The van der Waals surface area contributed by atoms with Crippen molar-refractivity contribution in [1.82, 2.24) is 10.2 Å². The van der Waals surface area contributed by atoms with Crippen LogP contribution in [0.25, 0.3) is 0 Å². The molecule has 1 aromatic rings. The minimum absolute atomic E-state index is 0.0468. The Morgan fingerprint density at radius 1 is 1.41 bits per heavy atom. The lowest BCUT2D eigenvalue weighted by atomic mass is 10.1. The number of carbonyl (C=O) groups excluding carboxylic acids is 2. The van der Waals surface area contributed by atoms with Crippen LogP contribution in [0.15, 0.2) is 24.3 Å². The van der Waals surface area contributed by atoms with E-state index in [0.29, 0.717) is 12.7 Å². The number of hydrogen-bond acceptors (Lipinski definition) is 6. The van der Waals surface area contributed by atoms with Crippen LogP contribution in [0.5, 0.6) is 5.75 Å². The van der Waals surface area contributed by atoms with Crippen LogP contribution in [0.3, 0.4) is 0 Å². The fraction of sp³-hybridized carbons (Fsp3) is 0.556. The van der Waals surface area contributed by atoms with Crippen LogP contribution >= 0.6 is 12.6 Å². The highest BCUT2D eigenvalue weighted by molar-refractivity contribution is 7.81. The molecule has 0 bridgehead atoms. The summed E-state index contributed by atoms with van der Waals surface area (Å²) in [4.78, 5) is 25.8. The highest BCUT2D eigenvalue weighted by Crippen LogP contribution is 2.31. The van der Waals surface area contributed by atoms with Gasteiger partial charge in [-0.1, -0.05) is 12.1 Å². The van der Waals surface area contributed by atoms with Crippen LogP contribution in [0, 0.1) is 0 Å². The quantitative estimate of drug-likeness (QED) is 0.565. The Bertz CT molecular complexity index is 666. The first kappa shape index (κ1) is 21.4. The van der Waals surface area contributed by atoms with Gasteiger partial charge >= 0.3 is 12.7 Å². The summed E-state index contributed by atoms with van der Waals surface area (Å²) < 4.78 is 34.1. The average molecular weight is 402 g/mol. The standard InChI is InChI=1S/C18H24F2N2O4S/c1-17(2,3)26-16(24)22-10-14(27)8-18(22,11-23)21-9-12-4-6-13(7-5-12)25-15(19)20/h4-7,11,14-15,21,27H,8-10H2,1-3H3/t14-,18-/m0/s1. The number of nitrogens with zero attached hydrogens (tertiary/aromatic N) is 1. The zero-order valence-corrected chi connectivity index (χ0v) is 16.3. The van der Waals surface area contributed by atoms with Crippen molar-refractivity contribution in [3.63, 3.8) is 0 Å². The van der Waals surface area contributed by atoms with E-state index in [2.05, 4.69) is 22.7 Å². The van der Waals surface area contributed by atoms with Crippen LogP contribution in [0.4, 0.5) is 13.6 Å². The van der Waals surface area contributed by atoms with Crippen LogP contribution in [-0.4, -0.2) is 46.9 Å². The second-order valence-electron chi connectivity index (χ2n) is 7.37. The van der Waals surface area contributed by atoms with E-state index in [0.717, 1.165) is 5.56 Å². The van der Waals surface area contributed by atoms with E-state index < -0.39 is 24.0 Å². The highest BCUT2D eigenvalue weighted by Gasteiger charge is 2.48. The molecule has 0 spiro atoms. The Morgan fingerprint density at radius 2 is 2.04 bits per heavy atom. The van der Waals surface area contributed by atoms with Gasteiger partial charge in [0.15, 0.2) is 11.9 Å². The number of aldehydes is 1. The maximum atomic E-state index is 12.5. The number of ether oxygens (including phenoxy) is 2. The second kappa shape index (κ2) is 8.43. The molecular formula is C18H24F2N2O4S. The normalized spacial score (nSPS) is 22.8. The number of rotatable bonds is 6. The summed E-state index contributed by atoms with van der Waals surface area (Å²) in [6.45, 7) is 2.87. The summed E-state index contributed by atoms with van der Waals surface area (Å²) in [6.07, 6.45) is 0.409. The van der Waals surface area contributed by atoms with Crippen molar-refractivity contribution in [2.45, 2.75) is 56.9 Å². The Morgan fingerprint density at radius 3 is 2.56 bits per heavy atom. The third kappa shape index (κ3) is 5.80.